The zero-order valence-electron chi connectivity index (χ0n) is 16.7. The molecule has 1 heterocycles. The van der Waals surface area contributed by atoms with E-state index in [1.807, 2.05) is 12.1 Å². The number of aromatic nitrogens is 1. The van der Waals surface area contributed by atoms with Crippen molar-refractivity contribution in [1.29, 1.82) is 0 Å². The Balaban J connectivity index is 0.00000392. The van der Waals surface area contributed by atoms with Crippen LogP contribution in [0.15, 0.2) is 41.3 Å². The van der Waals surface area contributed by atoms with Gasteiger partial charge in [-0.25, -0.2) is 13.4 Å². The molecule has 0 radical (unpaired) electrons. The highest BCUT2D eigenvalue weighted by Crippen LogP contribution is 2.26. The van der Waals surface area contributed by atoms with Gasteiger partial charge in [0.2, 0.25) is 5.91 Å². The Bertz CT molecular complexity index is 918. The van der Waals surface area contributed by atoms with Crippen molar-refractivity contribution in [2.24, 2.45) is 0 Å². The molecule has 0 saturated carbocycles. The lowest BCUT2D eigenvalue weighted by molar-refractivity contribution is -0.115. The van der Waals surface area contributed by atoms with Crippen molar-refractivity contribution < 1.29 is 14.6 Å². The fraction of sp³-hybridized carbons (Fsp3) is 0.429. The van der Waals surface area contributed by atoms with Gasteiger partial charge < -0.3 is 5.32 Å². The van der Waals surface area contributed by atoms with Crippen LogP contribution in [0.2, 0.25) is 0 Å². The molecule has 6 heteroatoms. The molecule has 1 amide bonds. The molecule has 0 aliphatic rings. The van der Waals surface area contributed by atoms with Crippen LogP contribution < -0.4 is 5.32 Å². The van der Waals surface area contributed by atoms with E-state index < -0.39 is 9.84 Å². The lowest BCUT2D eigenvalue weighted by Crippen LogP contribution is -2.19. The molecule has 0 atom stereocenters. The molecule has 0 fully saturated rings. The van der Waals surface area contributed by atoms with Crippen LogP contribution in [-0.4, -0.2) is 25.1 Å². The number of hydrogen-bond acceptors (Lipinski definition) is 4. The number of hydrogen-bond donors (Lipinski definition) is 1. The number of carbonyl (C=O) groups excluding carboxylic acids is 1. The Kier molecular flexibility index (Phi) is 6.42. The normalized spacial score (nSPS) is 12.0. The summed E-state index contributed by atoms with van der Waals surface area (Å²) in [5.41, 5.74) is 2.91. The minimum atomic E-state index is -3.23. The predicted octanol–water partition coefficient (Wildman–Crippen LogP) is 4.16. The summed E-state index contributed by atoms with van der Waals surface area (Å²) in [6, 6.07) is 10.3. The van der Waals surface area contributed by atoms with Crippen molar-refractivity contribution in [3.63, 3.8) is 0 Å². The van der Waals surface area contributed by atoms with Crippen molar-refractivity contribution in [2.45, 2.75) is 57.8 Å². The smallest absolute Gasteiger partial charge is 0.229 e. The first-order valence-electron chi connectivity index (χ1n) is 9.18. The molecule has 148 valence electrons. The average Bonchev–Trinajstić information content (AvgIpc) is 2.61. The molecular weight excluding hydrogens is 360 g/mol. The molecule has 1 N–H and O–H groups in total. The van der Waals surface area contributed by atoms with Crippen LogP contribution in [0.4, 0.5) is 5.82 Å². The predicted molar refractivity (Wildman–Crippen MR) is 111 cm³/mol. The lowest BCUT2D eigenvalue weighted by atomic mass is 9.85. The van der Waals surface area contributed by atoms with Crippen LogP contribution in [-0.2, 0) is 32.9 Å². The van der Waals surface area contributed by atoms with Crippen LogP contribution >= 0.6 is 0 Å². The monoisotopic (exact) mass is 390 g/mol. The summed E-state index contributed by atoms with van der Waals surface area (Å²) in [7, 11) is -3.23. The van der Waals surface area contributed by atoms with Crippen molar-refractivity contribution in [1.82, 2.24) is 4.98 Å². The third-order valence-corrected chi connectivity index (χ3v) is 6.16. The molecule has 0 bridgehead atoms. The summed E-state index contributed by atoms with van der Waals surface area (Å²) in [5, 5.41) is 2.83. The fourth-order valence-electron chi connectivity index (χ4n) is 2.88. The maximum absolute atomic E-state index is 12.3. The molecule has 2 aromatic rings. The van der Waals surface area contributed by atoms with Crippen molar-refractivity contribution in [3.05, 3.63) is 53.2 Å². The highest BCUT2D eigenvalue weighted by Gasteiger charge is 2.19. The number of carbonyl (C=O) groups is 1. The molecule has 27 heavy (non-hydrogen) atoms. The van der Waals surface area contributed by atoms with Gasteiger partial charge in [0.1, 0.15) is 5.82 Å². The van der Waals surface area contributed by atoms with E-state index in [0.717, 1.165) is 17.7 Å². The zero-order chi connectivity index (χ0) is 20.2. The van der Waals surface area contributed by atoms with E-state index in [2.05, 4.69) is 38.0 Å². The Hall–Kier alpha value is -2.21. The largest absolute Gasteiger partial charge is 0.310 e. The van der Waals surface area contributed by atoms with Gasteiger partial charge in [-0.15, -0.1) is 0 Å². The van der Waals surface area contributed by atoms with Crippen molar-refractivity contribution in [3.8, 4) is 0 Å². The van der Waals surface area contributed by atoms with Gasteiger partial charge in [-0.2, -0.15) is 0 Å². The highest BCUT2D eigenvalue weighted by atomic mass is 32.2. The standard InChI is InChI=1S/C21H28N2O3S.H2/c1-6-18-17(21(3,4)5)12-13-19(22-18)23-20(24)14-15-8-10-16(11-9-15)27(25,26)7-2;/h8-13H,6-7,14H2,1-5H3,(H,22,23,24);1H. The van der Waals surface area contributed by atoms with Crippen LogP contribution in [0, 0.1) is 0 Å². The third kappa shape index (κ3) is 5.39. The Morgan fingerprint density at radius 3 is 2.22 bits per heavy atom. The summed E-state index contributed by atoms with van der Waals surface area (Å²) in [6.45, 7) is 10.1. The summed E-state index contributed by atoms with van der Waals surface area (Å²) in [5.74, 6) is 0.414. The van der Waals surface area contributed by atoms with Gasteiger partial charge in [-0.3, -0.25) is 4.79 Å². The van der Waals surface area contributed by atoms with E-state index in [0.29, 0.717) is 5.82 Å². The van der Waals surface area contributed by atoms with Crippen LogP contribution in [0.3, 0.4) is 0 Å². The van der Waals surface area contributed by atoms with E-state index in [1.165, 1.54) is 5.56 Å². The number of rotatable bonds is 6. The van der Waals surface area contributed by atoms with Crippen LogP contribution in [0.1, 0.15) is 52.9 Å². The zero-order valence-corrected chi connectivity index (χ0v) is 17.5. The van der Waals surface area contributed by atoms with E-state index in [1.54, 1.807) is 31.2 Å². The molecule has 1 aromatic heterocycles. The van der Waals surface area contributed by atoms with E-state index in [9.17, 15) is 13.2 Å². The first-order chi connectivity index (χ1) is 12.6. The highest BCUT2D eigenvalue weighted by molar-refractivity contribution is 7.91. The summed E-state index contributed by atoms with van der Waals surface area (Å²) >= 11 is 0. The van der Waals surface area contributed by atoms with E-state index >= 15 is 0 Å². The van der Waals surface area contributed by atoms with Gasteiger partial charge in [0, 0.05) is 7.12 Å². The van der Waals surface area contributed by atoms with Crippen molar-refractivity contribution in [2.75, 3.05) is 11.1 Å². The molecule has 1 aromatic carbocycles. The summed E-state index contributed by atoms with van der Waals surface area (Å²) < 4.78 is 23.7. The second-order valence-electron chi connectivity index (χ2n) is 7.57. The maximum Gasteiger partial charge on any atom is 0.229 e. The third-order valence-electron chi connectivity index (χ3n) is 4.41. The first kappa shape index (κ1) is 21.1. The summed E-state index contributed by atoms with van der Waals surface area (Å²) in [6.07, 6.45) is 0.959. The summed E-state index contributed by atoms with van der Waals surface area (Å²) in [4.78, 5) is 17.2. The lowest BCUT2D eigenvalue weighted by Gasteiger charge is -2.22. The molecule has 0 saturated heterocycles. The van der Waals surface area contributed by atoms with Crippen LogP contribution in [0.5, 0.6) is 0 Å². The van der Waals surface area contributed by atoms with Crippen molar-refractivity contribution >= 4 is 21.6 Å². The fourth-order valence-corrected chi connectivity index (χ4v) is 3.76. The van der Waals surface area contributed by atoms with Gasteiger partial charge in [0.15, 0.2) is 9.84 Å². The molecule has 0 unspecified atom stereocenters. The molecule has 0 spiro atoms. The quantitative estimate of drug-likeness (QED) is 0.803. The average molecular weight is 391 g/mol. The molecule has 0 aliphatic carbocycles. The molecule has 2 rings (SSSR count). The Morgan fingerprint density at radius 1 is 1.07 bits per heavy atom. The molecule has 5 nitrogen and oxygen atoms in total. The topological polar surface area (TPSA) is 76.1 Å². The van der Waals surface area contributed by atoms with Gasteiger partial charge >= 0.3 is 0 Å². The maximum atomic E-state index is 12.3. The second kappa shape index (κ2) is 8.21. The number of pyridine rings is 1. The number of anilines is 1. The van der Waals surface area contributed by atoms with E-state index in [-0.39, 0.29) is 29.8 Å². The van der Waals surface area contributed by atoms with Gasteiger partial charge in [0.05, 0.1) is 17.1 Å². The number of amides is 1. The second-order valence-corrected chi connectivity index (χ2v) is 9.84. The number of sulfone groups is 1. The number of benzene rings is 1. The number of nitrogens with one attached hydrogen (secondary N) is 1. The Morgan fingerprint density at radius 2 is 1.70 bits per heavy atom. The van der Waals surface area contributed by atoms with Gasteiger partial charge in [0.25, 0.3) is 0 Å². The number of aryl methyl sites for hydroxylation is 1. The number of nitrogens with zero attached hydrogens (tertiary/aromatic N) is 1. The van der Waals surface area contributed by atoms with Crippen LogP contribution in [0.25, 0.3) is 0 Å². The Labute approximate surface area is 163 Å². The molecule has 0 aliphatic heterocycles. The first-order valence-corrected chi connectivity index (χ1v) is 10.8. The van der Waals surface area contributed by atoms with Gasteiger partial charge in [-0.1, -0.05) is 52.8 Å². The SMILES string of the molecule is CCc1nc(NC(=O)Cc2ccc(S(=O)(=O)CC)cc2)ccc1C(C)(C)C.[HH]. The minimum Gasteiger partial charge on any atom is -0.310 e. The molecular formula is C21H30N2O3S. The van der Waals surface area contributed by atoms with E-state index in [4.69, 9.17) is 0 Å². The van der Waals surface area contributed by atoms with Gasteiger partial charge in [-0.05, 0) is 41.2 Å². The minimum absolute atomic E-state index is 0.